The van der Waals surface area contributed by atoms with Crippen LogP contribution in [0.15, 0.2) is 30.3 Å². The first-order valence-corrected chi connectivity index (χ1v) is 7.18. The fraction of sp³-hybridized carbons (Fsp3) is 0.250. The van der Waals surface area contributed by atoms with Gasteiger partial charge in [0.2, 0.25) is 0 Å². The first kappa shape index (κ1) is 16.5. The quantitative estimate of drug-likeness (QED) is 0.496. The number of hydrogen-bond acceptors (Lipinski definition) is 3. The summed E-state index contributed by atoms with van der Waals surface area (Å²) >= 11 is 0. The highest BCUT2D eigenvalue weighted by atomic mass is 31.2. The van der Waals surface area contributed by atoms with Crippen LogP contribution in [0.3, 0.4) is 0 Å². The zero-order valence-corrected chi connectivity index (χ0v) is 11.4. The van der Waals surface area contributed by atoms with Gasteiger partial charge in [-0.05, 0) is 24.6 Å². The summed E-state index contributed by atoms with van der Waals surface area (Å²) in [6.07, 6.45) is 2.26. The maximum atomic E-state index is 13.5. The summed E-state index contributed by atoms with van der Waals surface area (Å²) in [5, 5.41) is 0. The second kappa shape index (κ2) is 6.26. The molecule has 0 aliphatic heterocycles. The molecule has 110 valence electrons. The lowest BCUT2D eigenvalue weighted by molar-refractivity contribution is -0.137. The van der Waals surface area contributed by atoms with Crippen molar-refractivity contribution in [1.29, 1.82) is 0 Å². The molecule has 0 aromatic heterocycles. The first-order chi connectivity index (χ1) is 9.18. The molecule has 0 aliphatic rings. The molecule has 2 N–H and O–H groups in total. The van der Waals surface area contributed by atoms with E-state index in [2.05, 4.69) is 4.74 Å². The average Bonchev–Trinajstić information content (AvgIpc) is 2.36. The summed E-state index contributed by atoms with van der Waals surface area (Å²) in [6, 6.07) is 4.42. The molecule has 0 spiro atoms. The number of carbonyl (C=O) groups is 1. The second-order valence-corrected chi connectivity index (χ2v) is 5.45. The summed E-state index contributed by atoms with van der Waals surface area (Å²) in [4.78, 5) is 28.4. The SMILES string of the molecule is CCOC(=O)/C=C/c1cccc(C(F)(F)P(=O)(O)O)c1. The number of alkyl halides is 2. The van der Waals surface area contributed by atoms with E-state index in [1.165, 1.54) is 18.2 Å². The van der Waals surface area contributed by atoms with E-state index in [-0.39, 0.29) is 12.2 Å². The number of halogens is 2. The minimum atomic E-state index is -5.61. The Morgan fingerprint density at radius 2 is 2.10 bits per heavy atom. The smallest absolute Gasteiger partial charge is 0.399 e. The molecule has 0 amide bonds. The van der Waals surface area contributed by atoms with Crippen molar-refractivity contribution in [3.05, 3.63) is 41.5 Å². The van der Waals surface area contributed by atoms with Crippen LogP contribution in [-0.4, -0.2) is 22.4 Å². The van der Waals surface area contributed by atoms with Crippen molar-refractivity contribution in [2.45, 2.75) is 12.6 Å². The van der Waals surface area contributed by atoms with E-state index in [0.717, 1.165) is 18.2 Å². The summed E-state index contributed by atoms with van der Waals surface area (Å²) in [6.45, 7) is 1.80. The summed E-state index contributed by atoms with van der Waals surface area (Å²) in [5.41, 5.74) is -4.90. The fourth-order valence-corrected chi connectivity index (χ4v) is 1.83. The highest BCUT2D eigenvalue weighted by molar-refractivity contribution is 7.52. The van der Waals surface area contributed by atoms with E-state index >= 15 is 0 Å². The molecule has 1 aromatic carbocycles. The van der Waals surface area contributed by atoms with Gasteiger partial charge >= 0.3 is 19.2 Å². The van der Waals surface area contributed by atoms with Crippen molar-refractivity contribution in [3.63, 3.8) is 0 Å². The Hall–Kier alpha value is -1.56. The molecule has 8 heteroatoms. The van der Waals surface area contributed by atoms with E-state index in [1.54, 1.807) is 6.92 Å². The Bertz CT molecular complexity index is 565. The van der Waals surface area contributed by atoms with Gasteiger partial charge in [-0.15, -0.1) is 0 Å². The molecule has 1 aromatic rings. The van der Waals surface area contributed by atoms with Gasteiger partial charge in [0.25, 0.3) is 0 Å². The molecule has 0 unspecified atom stereocenters. The Labute approximate surface area is 114 Å². The van der Waals surface area contributed by atoms with Crippen molar-refractivity contribution in [2.24, 2.45) is 0 Å². The zero-order valence-electron chi connectivity index (χ0n) is 10.5. The van der Waals surface area contributed by atoms with Gasteiger partial charge in [-0.2, -0.15) is 8.78 Å². The minimum Gasteiger partial charge on any atom is -0.463 e. The third-order valence-electron chi connectivity index (χ3n) is 2.30. The molecule has 0 bridgehead atoms. The highest BCUT2D eigenvalue weighted by Gasteiger charge is 2.50. The van der Waals surface area contributed by atoms with Crippen LogP contribution in [-0.2, 0) is 19.8 Å². The van der Waals surface area contributed by atoms with Gasteiger partial charge in [-0.25, -0.2) is 4.79 Å². The van der Waals surface area contributed by atoms with E-state index in [9.17, 15) is 18.1 Å². The van der Waals surface area contributed by atoms with Crippen LogP contribution in [0.25, 0.3) is 6.08 Å². The minimum absolute atomic E-state index is 0.180. The van der Waals surface area contributed by atoms with Crippen LogP contribution >= 0.6 is 7.60 Å². The number of benzene rings is 1. The molecule has 0 heterocycles. The lowest BCUT2D eigenvalue weighted by atomic mass is 10.1. The van der Waals surface area contributed by atoms with Crippen LogP contribution in [0.1, 0.15) is 18.1 Å². The number of carbonyl (C=O) groups excluding carboxylic acids is 1. The molecule has 20 heavy (non-hydrogen) atoms. The summed E-state index contributed by atoms with van der Waals surface area (Å²) in [7, 11) is -5.61. The van der Waals surface area contributed by atoms with E-state index in [0.29, 0.717) is 0 Å². The number of ether oxygens (including phenoxy) is 1. The molecule has 0 atom stereocenters. The van der Waals surface area contributed by atoms with Gasteiger partial charge in [0.1, 0.15) is 0 Å². The van der Waals surface area contributed by atoms with Crippen molar-refractivity contribution in [3.8, 4) is 0 Å². The van der Waals surface area contributed by atoms with Crippen molar-refractivity contribution >= 4 is 19.6 Å². The zero-order chi connectivity index (χ0) is 15.4. The molecule has 1 rings (SSSR count). The van der Waals surface area contributed by atoms with Gasteiger partial charge in [0.05, 0.1) is 6.61 Å². The highest BCUT2D eigenvalue weighted by Crippen LogP contribution is 2.59. The summed E-state index contributed by atoms with van der Waals surface area (Å²) < 4.78 is 42.4. The number of rotatable bonds is 5. The second-order valence-electron chi connectivity index (χ2n) is 3.80. The number of esters is 1. The van der Waals surface area contributed by atoms with Crippen LogP contribution in [0.2, 0.25) is 0 Å². The van der Waals surface area contributed by atoms with E-state index in [1.807, 2.05) is 0 Å². The largest absolute Gasteiger partial charge is 0.463 e. The number of hydrogen-bond donors (Lipinski definition) is 2. The normalized spacial score (nSPS) is 12.7. The Balaban J connectivity index is 3.03. The molecule has 5 nitrogen and oxygen atoms in total. The third kappa shape index (κ3) is 3.96. The van der Waals surface area contributed by atoms with Crippen molar-refractivity contribution in [2.75, 3.05) is 6.61 Å². The summed E-state index contributed by atoms with van der Waals surface area (Å²) in [5.74, 6) is -0.639. The van der Waals surface area contributed by atoms with Crippen molar-refractivity contribution < 1.29 is 32.7 Å². The van der Waals surface area contributed by atoms with Gasteiger partial charge in [-0.1, -0.05) is 18.2 Å². The van der Waals surface area contributed by atoms with E-state index < -0.39 is 24.8 Å². The maximum Gasteiger partial charge on any atom is 0.399 e. The fourth-order valence-electron chi connectivity index (χ4n) is 1.35. The molecule has 0 radical (unpaired) electrons. The molecule has 0 aliphatic carbocycles. The maximum absolute atomic E-state index is 13.5. The Morgan fingerprint density at radius 1 is 1.45 bits per heavy atom. The Kier molecular flexibility index (Phi) is 5.16. The van der Waals surface area contributed by atoms with Crippen LogP contribution in [0.4, 0.5) is 8.78 Å². The molecule has 0 saturated heterocycles. The van der Waals surface area contributed by atoms with Crippen molar-refractivity contribution in [1.82, 2.24) is 0 Å². The van der Waals surface area contributed by atoms with Gasteiger partial charge in [0, 0.05) is 11.6 Å². The predicted octanol–water partition coefficient (Wildman–Crippen LogP) is 2.49. The predicted molar refractivity (Wildman–Crippen MR) is 68.0 cm³/mol. The standard InChI is InChI=1S/C12H13F2O5P/c1-2-19-11(15)7-6-9-4-3-5-10(8-9)12(13,14)20(16,17)18/h3-8H,2H2,1H3,(H2,16,17,18)/b7-6+. The molecular weight excluding hydrogens is 293 g/mol. The average molecular weight is 306 g/mol. The lowest BCUT2D eigenvalue weighted by Gasteiger charge is -2.18. The monoisotopic (exact) mass is 306 g/mol. The Morgan fingerprint density at radius 3 is 2.65 bits per heavy atom. The van der Waals surface area contributed by atoms with Crippen LogP contribution in [0.5, 0.6) is 0 Å². The van der Waals surface area contributed by atoms with Crippen LogP contribution in [0, 0.1) is 0 Å². The third-order valence-corrected chi connectivity index (χ3v) is 3.29. The topological polar surface area (TPSA) is 83.8 Å². The molecular formula is C12H13F2O5P. The van der Waals surface area contributed by atoms with E-state index in [4.69, 9.17) is 9.79 Å². The van der Waals surface area contributed by atoms with Gasteiger partial charge in [-0.3, -0.25) is 4.57 Å². The molecule has 0 saturated carbocycles. The first-order valence-electron chi connectivity index (χ1n) is 5.57. The van der Waals surface area contributed by atoms with Crippen LogP contribution < -0.4 is 0 Å². The molecule has 0 fully saturated rings. The van der Waals surface area contributed by atoms with Gasteiger partial charge < -0.3 is 14.5 Å². The van der Waals surface area contributed by atoms with Gasteiger partial charge in [0.15, 0.2) is 0 Å². The lowest BCUT2D eigenvalue weighted by Crippen LogP contribution is -2.13.